The zero-order valence-corrected chi connectivity index (χ0v) is 19.0. The topological polar surface area (TPSA) is 108 Å². The van der Waals surface area contributed by atoms with Crippen LogP contribution in [-0.2, 0) is 14.3 Å². The highest BCUT2D eigenvalue weighted by atomic mass is 16.5. The fourth-order valence-electron chi connectivity index (χ4n) is 5.01. The van der Waals surface area contributed by atoms with Crippen molar-refractivity contribution in [1.82, 2.24) is 15.1 Å². The molecule has 178 valence electrons. The van der Waals surface area contributed by atoms with Crippen molar-refractivity contribution < 1.29 is 23.9 Å². The molecule has 0 saturated carbocycles. The van der Waals surface area contributed by atoms with Gasteiger partial charge in [-0.15, -0.1) is 0 Å². The number of hydrogen-bond donors (Lipinski definition) is 2. The van der Waals surface area contributed by atoms with E-state index in [0.717, 1.165) is 25.8 Å². The first-order chi connectivity index (χ1) is 16.0. The Morgan fingerprint density at radius 3 is 2.42 bits per heavy atom. The van der Waals surface area contributed by atoms with E-state index < -0.39 is 12.1 Å². The highest BCUT2D eigenvalue weighted by Gasteiger charge is 2.41. The van der Waals surface area contributed by atoms with Crippen molar-refractivity contribution in [1.29, 1.82) is 0 Å². The zero-order chi connectivity index (χ0) is 23.4. The molecule has 0 aromatic heterocycles. The first-order valence-corrected chi connectivity index (χ1v) is 11.9. The lowest BCUT2D eigenvalue weighted by molar-refractivity contribution is -0.149. The summed E-state index contributed by atoms with van der Waals surface area (Å²) in [4.78, 5) is 53.2. The quantitative estimate of drug-likeness (QED) is 0.662. The minimum absolute atomic E-state index is 0.00234. The molecule has 0 spiro atoms. The van der Waals surface area contributed by atoms with E-state index >= 15 is 0 Å². The summed E-state index contributed by atoms with van der Waals surface area (Å²) in [7, 11) is 0. The van der Waals surface area contributed by atoms with Gasteiger partial charge in [0, 0.05) is 36.9 Å². The Morgan fingerprint density at radius 1 is 1.03 bits per heavy atom. The van der Waals surface area contributed by atoms with Gasteiger partial charge in [0.05, 0.1) is 12.5 Å². The molecule has 3 aliphatic rings. The van der Waals surface area contributed by atoms with Gasteiger partial charge in [0.25, 0.3) is 5.91 Å². The molecule has 9 heteroatoms. The molecule has 1 aromatic rings. The molecule has 4 rings (SSSR count). The van der Waals surface area contributed by atoms with Crippen LogP contribution in [0.1, 0.15) is 55.8 Å². The van der Waals surface area contributed by atoms with Gasteiger partial charge in [-0.2, -0.15) is 0 Å². The molecule has 33 heavy (non-hydrogen) atoms. The van der Waals surface area contributed by atoms with E-state index in [-0.39, 0.29) is 29.7 Å². The molecule has 0 bridgehead atoms. The van der Waals surface area contributed by atoms with Crippen LogP contribution >= 0.6 is 0 Å². The number of ether oxygens (including phenoxy) is 1. The monoisotopic (exact) mass is 456 g/mol. The minimum atomic E-state index is -0.480. The van der Waals surface area contributed by atoms with Crippen molar-refractivity contribution in [2.75, 3.05) is 31.6 Å². The summed E-state index contributed by atoms with van der Waals surface area (Å²) in [5, 5.41) is 5.54. The average Bonchev–Trinajstić information content (AvgIpc) is 3.14. The first-order valence-electron chi connectivity index (χ1n) is 11.9. The van der Waals surface area contributed by atoms with Crippen LogP contribution in [0.15, 0.2) is 24.3 Å². The van der Waals surface area contributed by atoms with Gasteiger partial charge in [-0.3, -0.25) is 14.4 Å². The minimum Gasteiger partial charge on any atom is -0.466 e. The molecule has 3 fully saturated rings. The van der Waals surface area contributed by atoms with Gasteiger partial charge in [-0.1, -0.05) is 0 Å². The number of benzene rings is 1. The van der Waals surface area contributed by atoms with Crippen LogP contribution in [-0.4, -0.2) is 71.9 Å². The molecular formula is C24H32N4O5. The van der Waals surface area contributed by atoms with Crippen LogP contribution < -0.4 is 10.6 Å². The second-order valence-electron chi connectivity index (χ2n) is 8.96. The number of carbonyl (C=O) groups excluding carboxylic acids is 4. The maximum atomic E-state index is 12.8. The summed E-state index contributed by atoms with van der Waals surface area (Å²) in [5.74, 6) is -0.427. The van der Waals surface area contributed by atoms with Gasteiger partial charge in [0.1, 0.15) is 6.04 Å². The predicted molar refractivity (Wildman–Crippen MR) is 122 cm³/mol. The predicted octanol–water partition coefficient (Wildman–Crippen LogP) is 2.38. The summed E-state index contributed by atoms with van der Waals surface area (Å²) in [5.41, 5.74) is 1.08. The van der Waals surface area contributed by atoms with Gasteiger partial charge >= 0.3 is 12.0 Å². The number of fused-ring (bicyclic) bond motifs is 1. The Kier molecular flexibility index (Phi) is 7.15. The summed E-state index contributed by atoms with van der Waals surface area (Å²) in [6.45, 7) is 3.96. The summed E-state index contributed by atoms with van der Waals surface area (Å²) in [6, 6.07) is 6.05. The van der Waals surface area contributed by atoms with Gasteiger partial charge in [-0.25, -0.2) is 4.79 Å². The molecule has 2 N–H and O–H groups in total. The number of esters is 1. The van der Waals surface area contributed by atoms with Crippen LogP contribution in [0.5, 0.6) is 0 Å². The third-order valence-corrected chi connectivity index (χ3v) is 6.81. The van der Waals surface area contributed by atoms with Crippen molar-refractivity contribution in [2.45, 2.75) is 57.5 Å². The molecule has 3 heterocycles. The Morgan fingerprint density at radius 2 is 1.76 bits per heavy atom. The Balaban J connectivity index is 1.26. The number of carbonyl (C=O) groups is 4. The Hall–Kier alpha value is -3.10. The smallest absolute Gasteiger partial charge is 0.319 e. The molecule has 9 nitrogen and oxygen atoms in total. The number of urea groups is 1. The molecule has 4 amide bonds. The number of nitrogens with zero attached hydrogens (tertiary/aromatic N) is 2. The third kappa shape index (κ3) is 5.29. The number of rotatable bonds is 5. The lowest BCUT2D eigenvalue weighted by atomic mass is 9.96. The van der Waals surface area contributed by atoms with E-state index in [4.69, 9.17) is 4.74 Å². The normalized spacial score (nSPS) is 23.1. The van der Waals surface area contributed by atoms with Crippen molar-refractivity contribution in [3.63, 3.8) is 0 Å². The number of anilines is 1. The third-order valence-electron chi connectivity index (χ3n) is 6.81. The van der Waals surface area contributed by atoms with Crippen molar-refractivity contribution in [3.8, 4) is 0 Å². The lowest BCUT2D eigenvalue weighted by Gasteiger charge is -2.31. The van der Waals surface area contributed by atoms with Gasteiger partial charge in [0.15, 0.2) is 0 Å². The molecule has 2 atom stereocenters. The van der Waals surface area contributed by atoms with Crippen LogP contribution in [0.2, 0.25) is 0 Å². The lowest BCUT2D eigenvalue weighted by Crippen LogP contribution is -2.44. The van der Waals surface area contributed by atoms with E-state index in [0.29, 0.717) is 50.2 Å². The average molecular weight is 457 g/mol. The highest BCUT2D eigenvalue weighted by molar-refractivity contribution is 5.97. The standard InChI is InChI=1S/C24H32N4O5/c1-2-33-23(31)17-10-13-27(14-11-17)21(29)16-6-8-18(9-7-16)25-24(32)26-20-15-19-5-3-4-12-28(19)22(20)30/h6-9,17,19-20H,2-5,10-15H2,1H3,(H2,25,26,32). The van der Waals surface area contributed by atoms with E-state index in [2.05, 4.69) is 10.6 Å². The molecule has 2 unspecified atom stereocenters. The molecule has 0 aliphatic carbocycles. The second kappa shape index (κ2) is 10.2. The molecule has 3 saturated heterocycles. The van der Waals surface area contributed by atoms with Crippen LogP contribution in [0.4, 0.5) is 10.5 Å². The van der Waals surface area contributed by atoms with E-state index in [1.54, 1.807) is 36.1 Å². The zero-order valence-electron chi connectivity index (χ0n) is 19.0. The summed E-state index contributed by atoms with van der Waals surface area (Å²) < 4.78 is 5.08. The number of nitrogens with one attached hydrogen (secondary N) is 2. The first kappa shape index (κ1) is 23.1. The number of hydrogen-bond acceptors (Lipinski definition) is 5. The van der Waals surface area contributed by atoms with Gasteiger partial charge < -0.3 is 25.2 Å². The molecule has 0 radical (unpaired) electrons. The van der Waals surface area contributed by atoms with Crippen LogP contribution in [0.3, 0.4) is 0 Å². The summed E-state index contributed by atoms with van der Waals surface area (Å²) in [6.07, 6.45) is 5.01. The molecule has 1 aromatic carbocycles. The van der Waals surface area contributed by atoms with Crippen molar-refractivity contribution in [2.24, 2.45) is 5.92 Å². The molecular weight excluding hydrogens is 424 g/mol. The fourth-order valence-corrected chi connectivity index (χ4v) is 5.01. The fraction of sp³-hybridized carbons (Fsp3) is 0.583. The Bertz CT molecular complexity index is 895. The Labute approximate surface area is 193 Å². The highest BCUT2D eigenvalue weighted by Crippen LogP contribution is 2.28. The maximum absolute atomic E-state index is 12.8. The number of amides is 4. The van der Waals surface area contributed by atoms with Crippen LogP contribution in [0.25, 0.3) is 0 Å². The number of piperidine rings is 2. The van der Waals surface area contributed by atoms with Crippen molar-refractivity contribution >= 4 is 29.5 Å². The largest absolute Gasteiger partial charge is 0.466 e. The van der Waals surface area contributed by atoms with Crippen LogP contribution in [0, 0.1) is 5.92 Å². The van der Waals surface area contributed by atoms with Gasteiger partial charge in [-0.05, 0) is 69.7 Å². The summed E-state index contributed by atoms with van der Waals surface area (Å²) >= 11 is 0. The second-order valence-corrected chi connectivity index (χ2v) is 8.96. The maximum Gasteiger partial charge on any atom is 0.319 e. The van der Waals surface area contributed by atoms with E-state index in [1.165, 1.54) is 0 Å². The van der Waals surface area contributed by atoms with E-state index in [9.17, 15) is 19.2 Å². The SMILES string of the molecule is CCOC(=O)C1CCN(C(=O)c2ccc(NC(=O)NC3CC4CCCCN4C3=O)cc2)CC1. The van der Waals surface area contributed by atoms with Crippen molar-refractivity contribution in [3.05, 3.63) is 29.8 Å². The molecule has 3 aliphatic heterocycles. The van der Waals surface area contributed by atoms with E-state index in [1.807, 2.05) is 4.90 Å². The van der Waals surface area contributed by atoms with Gasteiger partial charge in [0.2, 0.25) is 5.91 Å². The number of likely N-dealkylation sites (tertiary alicyclic amines) is 1.